The minimum Gasteiger partial charge on any atom is -0.447 e. The molecule has 0 saturated carbocycles. The molecule has 0 radical (unpaired) electrons. The predicted molar refractivity (Wildman–Crippen MR) is 101 cm³/mol. The van der Waals surface area contributed by atoms with Gasteiger partial charge in [0.15, 0.2) is 0 Å². The second kappa shape index (κ2) is 7.99. The first-order valence-electron chi connectivity index (χ1n) is 9.88. The number of nitrogens with zero attached hydrogens (tertiary/aromatic N) is 1. The van der Waals surface area contributed by atoms with Gasteiger partial charge in [0.2, 0.25) is 0 Å². The molecule has 2 aliphatic rings. The highest BCUT2D eigenvalue weighted by atomic mass is 19.4. The van der Waals surface area contributed by atoms with Crippen molar-refractivity contribution in [3.05, 3.63) is 70.8 Å². The van der Waals surface area contributed by atoms with Crippen molar-refractivity contribution in [3.8, 4) is 0 Å². The first-order valence-corrected chi connectivity index (χ1v) is 9.88. The number of benzene rings is 2. The van der Waals surface area contributed by atoms with Gasteiger partial charge in [0, 0.05) is 12.5 Å². The van der Waals surface area contributed by atoms with Gasteiger partial charge in [-0.05, 0) is 36.2 Å². The Hall–Kier alpha value is -2.75. The Morgan fingerprint density at radius 3 is 2.16 bits per heavy atom. The quantitative estimate of drug-likeness (QED) is 0.544. The SMILES string of the molecule is C[C@@H](O[C@@H]1[C@@H](c2ccccc2)CN2C(=O)OC[C@H]12)c1cc(C(F)(F)F)cc(C(F)(F)F)c1. The molecule has 2 aromatic carbocycles. The number of halogens is 6. The molecule has 2 heterocycles. The summed E-state index contributed by atoms with van der Waals surface area (Å²) < 4.78 is 90.5. The van der Waals surface area contributed by atoms with Crippen LogP contribution in [0.2, 0.25) is 0 Å². The van der Waals surface area contributed by atoms with Crippen LogP contribution >= 0.6 is 0 Å². The molecule has 2 aliphatic heterocycles. The summed E-state index contributed by atoms with van der Waals surface area (Å²) in [5, 5.41) is 0. The second-order valence-corrected chi connectivity index (χ2v) is 7.90. The normalized spacial score (nSPS) is 24.4. The molecule has 2 saturated heterocycles. The molecule has 0 spiro atoms. The summed E-state index contributed by atoms with van der Waals surface area (Å²) in [4.78, 5) is 13.5. The van der Waals surface area contributed by atoms with E-state index in [4.69, 9.17) is 9.47 Å². The Balaban J connectivity index is 1.67. The Labute approximate surface area is 179 Å². The molecule has 0 N–H and O–H groups in total. The van der Waals surface area contributed by atoms with Crippen molar-refractivity contribution < 1.29 is 40.6 Å². The molecule has 1 amide bonds. The van der Waals surface area contributed by atoms with Crippen LogP contribution in [0.4, 0.5) is 31.1 Å². The topological polar surface area (TPSA) is 38.8 Å². The van der Waals surface area contributed by atoms with E-state index >= 15 is 0 Å². The Bertz CT molecular complexity index is 959. The molecule has 4 rings (SSSR count). The van der Waals surface area contributed by atoms with Gasteiger partial charge in [0.05, 0.1) is 29.4 Å². The highest BCUT2D eigenvalue weighted by molar-refractivity contribution is 5.71. The lowest BCUT2D eigenvalue weighted by atomic mass is 9.93. The predicted octanol–water partition coefficient (Wildman–Crippen LogP) is 5.79. The fourth-order valence-corrected chi connectivity index (χ4v) is 4.24. The van der Waals surface area contributed by atoms with Crippen LogP contribution in [0.3, 0.4) is 0 Å². The van der Waals surface area contributed by atoms with Crippen LogP contribution in [-0.4, -0.2) is 36.3 Å². The summed E-state index contributed by atoms with van der Waals surface area (Å²) in [6.07, 6.45) is -12.2. The summed E-state index contributed by atoms with van der Waals surface area (Å²) in [5.74, 6) is -0.301. The Morgan fingerprint density at radius 1 is 1.00 bits per heavy atom. The highest BCUT2D eigenvalue weighted by Gasteiger charge is 2.50. The van der Waals surface area contributed by atoms with Gasteiger partial charge in [-0.25, -0.2) is 4.79 Å². The van der Waals surface area contributed by atoms with Crippen molar-refractivity contribution in [1.82, 2.24) is 4.90 Å². The zero-order valence-electron chi connectivity index (χ0n) is 16.8. The Kier molecular flexibility index (Phi) is 5.60. The van der Waals surface area contributed by atoms with Crippen LogP contribution in [0.15, 0.2) is 48.5 Å². The van der Waals surface area contributed by atoms with Crippen LogP contribution < -0.4 is 0 Å². The van der Waals surface area contributed by atoms with E-state index in [-0.39, 0.29) is 30.7 Å². The molecule has 172 valence electrons. The molecule has 0 unspecified atom stereocenters. The number of cyclic esters (lactones) is 1. The second-order valence-electron chi connectivity index (χ2n) is 7.90. The smallest absolute Gasteiger partial charge is 0.416 e. The van der Waals surface area contributed by atoms with Gasteiger partial charge in [0.1, 0.15) is 6.61 Å². The zero-order chi connectivity index (χ0) is 23.3. The molecule has 4 atom stereocenters. The van der Waals surface area contributed by atoms with E-state index in [1.165, 1.54) is 11.8 Å². The van der Waals surface area contributed by atoms with Gasteiger partial charge >= 0.3 is 18.4 Å². The third-order valence-electron chi connectivity index (χ3n) is 5.85. The number of hydrogen-bond acceptors (Lipinski definition) is 3. The van der Waals surface area contributed by atoms with E-state index in [2.05, 4.69) is 0 Å². The number of carbonyl (C=O) groups is 1. The van der Waals surface area contributed by atoms with Crippen molar-refractivity contribution in [2.75, 3.05) is 13.2 Å². The van der Waals surface area contributed by atoms with Crippen molar-refractivity contribution in [2.45, 2.75) is 43.4 Å². The fourth-order valence-electron chi connectivity index (χ4n) is 4.24. The largest absolute Gasteiger partial charge is 0.447 e. The lowest BCUT2D eigenvalue weighted by Crippen LogP contribution is -2.35. The van der Waals surface area contributed by atoms with Crippen molar-refractivity contribution >= 4 is 6.09 Å². The van der Waals surface area contributed by atoms with Gasteiger partial charge < -0.3 is 9.47 Å². The molecule has 0 bridgehead atoms. The lowest BCUT2D eigenvalue weighted by Gasteiger charge is -2.27. The molecular weight excluding hydrogens is 440 g/mol. The lowest BCUT2D eigenvalue weighted by molar-refractivity contribution is -0.143. The third-order valence-corrected chi connectivity index (χ3v) is 5.85. The summed E-state index contributed by atoms with van der Waals surface area (Å²) >= 11 is 0. The maximum Gasteiger partial charge on any atom is 0.416 e. The number of alkyl halides is 6. The average molecular weight is 459 g/mol. The molecule has 10 heteroatoms. The first-order chi connectivity index (χ1) is 14.9. The minimum atomic E-state index is -4.95. The van der Waals surface area contributed by atoms with Crippen LogP contribution in [0.25, 0.3) is 0 Å². The van der Waals surface area contributed by atoms with Crippen LogP contribution in [0.5, 0.6) is 0 Å². The van der Waals surface area contributed by atoms with Gasteiger partial charge in [-0.15, -0.1) is 0 Å². The van der Waals surface area contributed by atoms with E-state index < -0.39 is 47.8 Å². The standard InChI is InChI=1S/C22H19F6NO3/c1-12(14-7-15(21(23,24)25)9-16(8-14)22(26,27)28)32-19-17(13-5-3-2-4-6-13)10-29-18(19)11-31-20(29)30/h2-9,12,17-19H,10-11H2,1H3/t12-,17-,18-,19-/m1/s1. The first kappa shape index (κ1) is 22.4. The summed E-state index contributed by atoms with van der Waals surface area (Å²) in [6.45, 7) is 1.72. The number of carbonyl (C=O) groups excluding carboxylic acids is 1. The molecule has 0 aromatic heterocycles. The van der Waals surface area contributed by atoms with Crippen molar-refractivity contribution in [2.24, 2.45) is 0 Å². The molecule has 32 heavy (non-hydrogen) atoms. The Morgan fingerprint density at radius 2 is 1.59 bits per heavy atom. The molecule has 4 nitrogen and oxygen atoms in total. The molecule has 2 fully saturated rings. The monoisotopic (exact) mass is 459 g/mol. The zero-order valence-corrected chi connectivity index (χ0v) is 16.8. The number of amides is 1. The van der Waals surface area contributed by atoms with E-state index in [0.29, 0.717) is 12.1 Å². The van der Waals surface area contributed by atoms with Gasteiger partial charge in [0.25, 0.3) is 0 Å². The van der Waals surface area contributed by atoms with E-state index in [1.54, 1.807) is 12.1 Å². The van der Waals surface area contributed by atoms with E-state index in [9.17, 15) is 31.1 Å². The number of fused-ring (bicyclic) bond motifs is 1. The van der Waals surface area contributed by atoms with Gasteiger partial charge in [-0.3, -0.25) is 4.90 Å². The van der Waals surface area contributed by atoms with Gasteiger partial charge in [-0.2, -0.15) is 26.3 Å². The maximum atomic E-state index is 13.2. The minimum absolute atomic E-state index is 0.0376. The van der Waals surface area contributed by atoms with Crippen molar-refractivity contribution in [1.29, 1.82) is 0 Å². The summed E-state index contributed by atoms with van der Waals surface area (Å²) in [7, 11) is 0. The molecule has 2 aromatic rings. The third kappa shape index (κ3) is 4.28. The molecule has 0 aliphatic carbocycles. The van der Waals surface area contributed by atoms with Crippen LogP contribution in [0.1, 0.15) is 41.2 Å². The maximum absolute atomic E-state index is 13.2. The van der Waals surface area contributed by atoms with Crippen molar-refractivity contribution in [3.63, 3.8) is 0 Å². The number of hydrogen-bond donors (Lipinski definition) is 0. The number of ether oxygens (including phenoxy) is 2. The fraction of sp³-hybridized carbons (Fsp3) is 0.409. The van der Waals surface area contributed by atoms with Crippen LogP contribution in [-0.2, 0) is 21.8 Å². The highest BCUT2D eigenvalue weighted by Crippen LogP contribution is 2.42. The van der Waals surface area contributed by atoms with E-state index in [1.807, 2.05) is 18.2 Å². The average Bonchev–Trinajstić information content (AvgIpc) is 3.27. The van der Waals surface area contributed by atoms with Gasteiger partial charge in [-0.1, -0.05) is 30.3 Å². The van der Waals surface area contributed by atoms with E-state index in [0.717, 1.165) is 5.56 Å². The van der Waals surface area contributed by atoms with Crippen LogP contribution in [0, 0.1) is 0 Å². The molecular formula is C22H19F6NO3. The number of rotatable bonds is 4. The summed E-state index contributed by atoms with van der Waals surface area (Å²) in [6, 6.07) is 10.0. The summed E-state index contributed by atoms with van der Waals surface area (Å²) in [5.41, 5.74) is -2.19.